The summed E-state index contributed by atoms with van der Waals surface area (Å²) in [5.74, 6) is 0.675. The fourth-order valence-electron chi connectivity index (χ4n) is 7.31. The SMILES string of the molecule is CC1(C)c2cc(C#N)ccc2-c2ccc(-c3cc(-c4ccc5nccnc5c4)cc(-c4cc(-c5ccccc5)nc(-c5ccccc5)n4)c3)cc21. The van der Waals surface area contributed by atoms with Crippen molar-refractivity contribution >= 4 is 11.0 Å². The van der Waals surface area contributed by atoms with Crippen molar-refractivity contribution in [1.82, 2.24) is 19.9 Å². The topological polar surface area (TPSA) is 75.3 Å². The van der Waals surface area contributed by atoms with E-state index < -0.39 is 0 Å². The van der Waals surface area contributed by atoms with Gasteiger partial charge in [0, 0.05) is 34.5 Å². The minimum Gasteiger partial charge on any atom is -0.253 e. The smallest absolute Gasteiger partial charge is 0.160 e. The molecule has 0 unspecified atom stereocenters. The molecule has 5 nitrogen and oxygen atoms in total. The normalized spacial score (nSPS) is 12.6. The molecule has 0 aliphatic heterocycles. The zero-order chi connectivity index (χ0) is 34.5. The number of rotatable bonds is 5. The van der Waals surface area contributed by atoms with Gasteiger partial charge in [-0.2, -0.15) is 5.26 Å². The van der Waals surface area contributed by atoms with E-state index in [1.54, 1.807) is 12.4 Å². The first-order valence-corrected chi connectivity index (χ1v) is 17.0. The van der Waals surface area contributed by atoms with Crippen LogP contribution in [0.3, 0.4) is 0 Å². The number of fused-ring (bicyclic) bond motifs is 4. The molecule has 5 heteroatoms. The third-order valence-electron chi connectivity index (χ3n) is 10.00. The third-order valence-corrected chi connectivity index (χ3v) is 10.00. The van der Waals surface area contributed by atoms with Crippen LogP contribution in [0.5, 0.6) is 0 Å². The van der Waals surface area contributed by atoms with Crippen LogP contribution in [0, 0.1) is 11.3 Å². The van der Waals surface area contributed by atoms with E-state index in [9.17, 15) is 5.26 Å². The summed E-state index contributed by atoms with van der Waals surface area (Å²) >= 11 is 0. The average molecular weight is 654 g/mol. The van der Waals surface area contributed by atoms with Gasteiger partial charge in [-0.05, 0) is 99.1 Å². The average Bonchev–Trinajstić information content (AvgIpc) is 3.42. The van der Waals surface area contributed by atoms with Crippen LogP contribution < -0.4 is 0 Å². The summed E-state index contributed by atoms with van der Waals surface area (Å²) in [6.45, 7) is 4.50. The molecular weight excluding hydrogens is 623 g/mol. The van der Waals surface area contributed by atoms with Crippen molar-refractivity contribution in [1.29, 1.82) is 5.26 Å². The van der Waals surface area contributed by atoms with Crippen LogP contribution in [-0.4, -0.2) is 19.9 Å². The Bertz CT molecular complexity index is 2620. The van der Waals surface area contributed by atoms with Crippen molar-refractivity contribution in [3.05, 3.63) is 169 Å². The maximum absolute atomic E-state index is 9.64. The highest BCUT2D eigenvalue weighted by atomic mass is 14.9. The van der Waals surface area contributed by atoms with Crippen LogP contribution in [0.15, 0.2) is 152 Å². The quantitative estimate of drug-likeness (QED) is 0.185. The Kier molecular flexibility index (Phi) is 7.12. The minimum atomic E-state index is -0.257. The van der Waals surface area contributed by atoms with Gasteiger partial charge >= 0.3 is 0 Å². The molecule has 51 heavy (non-hydrogen) atoms. The van der Waals surface area contributed by atoms with E-state index >= 15 is 0 Å². The highest BCUT2D eigenvalue weighted by molar-refractivity contribution is 5.88. The van der Waals surface area contributed by atoms with Crippen molar-refractivity contribution in [2.24, 2.45) is 0 Å². The minimum absolute atomic E-state index is 0.257. The molecule has 0 N–H and O–H groups in total. The van der Waals surface area contributed by atoms with Crippen molar-refractivity contribution in [3.8, 4) is 73.4 Å². The van der Waals surface area contributed by atoms with Gasteiger partial charge in [-0.3, -0.25) is 9.97 Å². The number of nitrogens with zero attached hydrogens (tertiary/aromatic N) is 5. The summed E-state index contributed by atoms with van der Waals surface area (Å²) in [6, 6.07) is 50.6. The number of nitriles is 1. The lowest BCUT2D eigenvalue weighted by atomic mass is 9.81. The zero-order valence-electron chi connectivity index (χ0n) is 28.2. The lowest BCUT2D eigenvalue weighted by Gasteiger charge is -2.22. The van der Waals surface area contributed by atoms with Crippen LogP contribution in [-0.2, 0) is 5.41 Å². The zero-order valence-corrected chi connectivity index (χ0v) is 28.2. The van der Waals surface area contributed by atoms with Crippen molar-refractivity contribution in [2.45, 2.75) is 19.3 Å². The summed E-state index contributed by atoms with van der Waals surface area (Å²) in [6.07, 6.45) is 3.45. The summed E-state index contributed by atoms with van der Waals surface area (Å²) in [5, 5.41) is 9.64. The van der Waals surface area contributed by atoms with Gasteiger partial charge in [0.05, 0.1) is 34.1 Å². The van der Waals surface area contributed by atoms with Gasteiger partial charge in [0.15, 0.2) is 5.82 Å². The molecular formula is C46H31N5. The molecule has 0 saturated heterocycles. The standard InChI is InChI=1S/C46H31N5/c1-46(2)39-21-29(28-47)13-16-37(39)38-17-14-32(25-40(38)46)34-22-35(33-15-18-41-44(26-33)49-20-19-48-41)24-36(23-34)43-27-42(30-9-5-3-6-10-30)50-45(51-43)31-11-7-4-8-12-31/h3-27H,1-2H3. The molecule has 0 atom stereocenters. The Labute approximate surface area is 296 Å². The Morgan fingerprint density at radius 1 is 0.471 bits per heavy atom. The first kappa shape index (κ1) is 30.3. The fraction of sp³-hybridized carbons (Fsp3) is 0.0652. The van der Waals surface area contributed by atoms with E-state index in [0.717, 1.165) is 61.4 Å². The van der Waals surface area contributed by atoms with Crippen LogP contribution in [0.1, 0.15) is 30.5 Å². The molecule has 9 rings (SSSR count). The first-order valence-electron chi connectivity index (χ1n) is 17.0. The van der Waals surface area contributed by atoms with Crippen LogP contribution in [0.25, 0.3) is 78.3 Å². The van der Waals surface area contributed by atoms with Gasteiger partial charge in [-0.15, -0.1) is 0 Å². The molecule has 6 aromatic carbocycles. The third kappa shape index (κ3) is 5.35. The van der Waals surface area contributed by atoms with Crippen LogP contribution >= 0.6 is 0 Å². The molecule has 0 radical (unpaired) electrons. The van der Waals surface area contributed by atoms with Gasteiger partial charge in [-0.1, -0.05) is 98.8 Å². The molecule has 1 aliphatic rings. The Morgan fingerprint density at radius 2 is 1.04 bits per heavy atom. The van der Waals surface area contributed by atoms with Gasteiger partial charge < -0.3 is 0 Å². The van der Waals surface area contributed by atoms with E-state index in [-0.39, 0.29) is 5.41 Å². The van der Waals surface area contributed by atoms with E-state index in [1.165, 1.54) is 22.3 Å². The Morgan fingerprint density at radius 3 is 1.75 bits per heavy atom. The number of aromatic nitrogens is 4. The molecule has 2 heterocycles. The summed E-state index contributed by atoms with van der Waals surface area (Å²) in [7, 11) is 0. The second-order valence-corrected chi connectivity index (χ2v) is 13.5. The molecule has 8 aromatic rings. The molecule has 0 bridgehead atoms. The molecule has 0 fully saturated rings. The molecule has 0 saturated carbocycles. The van der Waals surface area contributed by atoms with Crippen molar-refractivity contribution in [3.63, 3.8) is 0 Å². The summed E-state index contributed by atoms with van der Waals surface area (Å²) in [4.78, 5) is 19.3. The first-order chi connectivity index (χ1) is 24.9. The Balaban J connectivity index is 1.25. The highest BCUT2D eigenvalue weighted by Crippen LogP contribution is 2.50. The lowest BCUT2D eigenvalue weighted by Crippen LogP contribution is -2.15. The Hall–Kier alpha value is -6.77. The molecule has 2 aromatic heterocycles. The van der Waals surface area contributed by atoms with E-state index in [2.05, 4.69) is 115 Å². The summed E-state index contributed by atoms with van der Waals surface area (Å²) in [5.41, 5.74) is 15.9. The van der Waals surface area contributed by atoms with Crippen molar-refractivity contribution in [2.75, 3.05) is 0 Å². The number of hydrogen-bond donors (Lipinski definition) is 0. The maximum Gasteiger partial charge on any atom is 0.160 e. The second kappa shape index (κ2) is 12.0. The fourth-order valence-corrected chi connectivity index (χ4v) is 7.31. The molecule has 0 amide bonds. The van der Waals surface area contributed by atoms with Crippen molar-refractivity contribution < 1.29 is 0 Å². The second-order valence-electron chi connectivity index (χ2n) is 13.5. The highest BCUT2D eigenvalue weighted by Gasteiger charge is 2.35. The van der Waals surface area contributed by atoms with E-state index in [0.29, 0.717) is 11.4 Å². The van der Waals surface area contributed by atoms with Gasteiger partial charge in [0.2, 0.25) is 0 Å². The predicted molar refractivity (Wildman–Crippen MR) is 205 cm³/mol. The van der Waals surface area contributed by atoms with Gasteiger partial charge in [0.25, 0.3) is 0 Å². The van der Waals surface area contributed by atoms with E-state index in [4.69, 9.17) is 9.97 Å². The van der Waals surface area contributed by atoms with Gasteiger partial charge in [0.1, 0.15) is 0 Å². The van der Waals surface area contributed by atoms with Crippen LogP contribution in [0.4, 0.5) is 0 Å². The largest absolute Gasteiger partial charge is 0.253 e. The molecule has 1 aliphatic carbocycles. The maximum atomic E-state index is 9.64. The summed E-state index contributed by atoms with van der Waals surface area (Å²) < 4.78 is 0. The molecule has 240 valence electrons. The lowest BCUT2D eigenvalue weighted by molar-refractivity contribution is 0.660. The van der Waals surface area contributed by atoms with Gasteiger partial charge in [-0.25, -0.2) is 9.97 Å². The van der Waals surface area contributed by atoms with E-state index in [1.807, 2.05) is 54.6 Å². The number of benzene rings is 6. The van der Waals surface area contributed by atoms with Crippen LogP contribution in [0.2, 0.25) is 0 Å². The molecule has 0 spiro atoms. The monoisotopic (exact) mass is 653 g/mol. The number of hydrogen-bond acceptors (Lipinski definition) is 5. The predicted octanol–water partition coefficient (Wildman–Crippen LogP) is 10.9.